The smallest absolute Gasteiger partial charge is 0.234 e. The normalized spacial score (nSPS) is 12.2. The lowest BCUT2D eigenvalue weighted by Gasteiger charge is -2.12. The Hall–Kier alpha value is -1.37. The molecule has 0 unspecified atom stereocenters. The van der Waals surface area contributed by atoms with Crippen molar-refractivity contribution in [2.45, 2.75) is 36.5 Å². The average Bonchev–Trinajstić information content (AvgIpc) is 2.93. The fourth-order valence-electron chi connectivity index (χ4n) is 2.30. The van der Waals surface area contributed by atoms with Crippen molar-refractivity contribution >= 4 is 41.2 Å². The Labute approximate surface area is 144 Å². The van der Waals surface area contributed by atoms with Crippen LogP contribution in [0.2, 0.25) is 0 Å². The zero-order valence-electron chi connectivity index (χ0n) is 13.1. The number of aromatic nitrogens is 1. The summed E-state index contributed by atoms with van der Waals surface area (Å²) in [5, 5.41) is 0. The molecule has 0 N–H and O–H groups in total. The number of rotatable bonds is 4. The van der Waals surface area contributed by atoms with Crippen LogP contribution in [0.3, 0.4) is 0 Å². The summed E-state index contributed by atoms with van der Waals surface area (Å²) in [5.41, 5.74) is 4.78. The summed E-state index contributed by atoms with van der Waals surface area (Å²) in [7, 11) is -2.51. The number of benzene rings is 2. The first-order valence-electron chi connectivity index (χ1n) is 7.25. The third-order valence-corrected chi connectivity index (χ3v) is 7.76. The van der Waals surface area contributed by atoms with Crippen LogP contribution in [-0.2, 0) is 8.87 Å². The molecule has 3 aromatic rings. The van der Waals surface area contributed by atoms with Gasteiger partial charge in [0.15, 0.2) is 0 Å². The molecule has 1 heterocycles. The summed E-state index contributed by atoms with van der Waals surface area (Å²) in [4.78, 5) is 5.46. The fourth-order valence-corrected chi connectivity index (χ4v) is 6.19. The molecular weight excluding hydrogens is 346 g/mol. The quantitative estimate of drug-likeness (QED) is 0.597. The number of hydrogen-bond donors (Lipinski definition) is 0. The van der Waals surface area contributed by atoms with E-state index in [2.05, 4.69) is 18.8 Å². The molecule has 0 radical (unpaired) electrons. The number of nitrogens with zero attached hydrogens (tertiary/aromatic N) is 1. The van der Waals surface area contributed by atoms with E-state index < -0.39 is 8.87 Å². The van der Waals surface area contributed by atoms with Crippen molar-refractivity contribution in [2.75, 3.05) is 0 Å². The number of fused-ring (bicyclic) bond motifs is 1. The number of hydrogen-bond acceptors (Lipinski definition) is 5. The van der Waals surface area contributed by atoms with Gasteiger partial charge in [0.1, 0.15) is 0 Å². The fraction of sp³-hybridized carbons (Fsp3) is 0.235. The molecule has 0 aliphatic rings. The van der Waals surface area contributed by atoms with E-state index in [0.29, 0.717) is 4.90 Å². The molecule has 0 aliphatic heterocycles. The molecule has 0 bridgehead atoms. The van der Waals surface area contributed by atoms with Crippen LogP contribution >= 0.6 is 22.1 Å². The minimum atomic E-state index is -3.44. The predicted molar refractivity (Wildman–Crippen MR) is 97.9 cm³/mol. The summed E-state index contributed by atoms with van der Waals surface area (Å²) in [6, 6.07) is 10.9. The molecule has 3 nitrogen and oxygen atoms in total. The molecule has 6 heteroatoms. The predicted octanol–water partition coefficient (Wildman–Crippen LogP) is 5.21. The molecule has 0 saturated carbocycles. The molecular formula is C17H17NO2S3. The third kappa shape index (κ3) is 3.44. The molecule has 0 spiro atoms. The maximum Gasteiger partial charge on any atom is 0.234 e. The summed E-state index contributed by atoms with van der Waals surface area (Å²) >= 11 is 1.53. The topological polar surface area (TPSA) is 47.0 Å². The molecule has 2 aromatic carbocycles. The number of thiazole rings is 1. The van der Waals surface area contributed by atoms with Crippen molar-refractivity contribution in [1.82, 2.24) is 4.98 Å². The first-order valence-corrected chi connectivity index (χ1v) is 10.9. The van der Waals surface area contributed by atoms with Gasteiger partial charge < -0.3 is 0 Å². The lowest BCUT2D eigenvalue weighted by atomic mass is 10.0. The van der Waals surface area contributed by atoms with E-state index >= 15 is 0 Å². The van der Waals surface area contributed by atoms with Gasteiger partial charge in [-0.2, -0.15) is 0 Å². The minimum Gasteiger partial charge on any atom is -0.245 e. The van der Waals surface area contributed by atoms with Gasteiger partial charge in [-0.1, -0.05) is 31.5 Å². The van der Waals surface area contributed by atoms with Gasteiger partial charge in [-0.05, 0) is 42.7 Å². The van der Waals surface area contributed by atoms with Crippen molar-refractivity contribution < 1.29 is 8.42 Å². The van der Waals surface area contributed by atoms with Gasteiger partial charge in [-0.25, -0.2) is 13.4 Å². The van der Waals surface area contributed by atoms with E-state index in [1.54, 1.807) is 17.6 Å². The first-order chi connectivity index (χ1) is 10.9. The van der Waals surface area contributed by atoms with Crippen LogP contribution in [0.15, 0.2) is 51.7 Å². The maximum absolute atomic E-state index is 12.7. The summed E-state index contributed by atoms with van der Waals surface area (Å²) in [6.07, 6.45) is 0. The van der Waals surface area contributed by atoms with Gasteiger partial charge >= 0.3 is 0 Å². The van der Waals surface area contributed by atoms with Gasteiger partial charge in [0.25, 0.3) is 0 Å². The lowest BCUT2D eigenvalue weighted by Crippen LogP contribution is -1.98. The molecule has 120 valence electrons. The van der Waals surface area contributed by atoms with E-state index in [1.165, 1.54) is 11.3 Å². The van der Waals surface area contributed by atoms with E-state index in [9.17, 15) is 8.42 Å². The van der Waals surface area contributed by atoms with Crippen molar-refractivity contribution in [3.63, 3.8) is 0 Å². The summed E-state index contributed by atoms with van der Waals surface area (Å²) in [6.45, 7) is 6.07. The molecule has 0 saturated heterocycles. The zero-order chi connectivity index (χ0) is 16.6. The Morgan fingerprint density at radius 1 is 1.13 bits per heavy atom. The average molecular weight is 364 g/mol. The van der Waals surface area contributed by atoms with Gasteiger partial charge in [0, 0.05) is 15.7 Å². The van der Waals surface area contributed by atoms with E-state index in [4.69, 9.17) is 0 Å². The molecule has 23 heavy (non-hydrogen) atoms. The second kappa shape index (κ2) is 6.26. The van der Waals surface area contributed by atoms with Gasteiger partial charge in [-0.15, -0.1) is 11.3 Å². The Balaban J connectivity index is 2.05. The Morgan fingerprint density at radius 3 is 2.48 bits per heavy atom. The SMILES string of the molecule is Cc1ccc(S(=O)(=O)Sc2cc3scnc3cc2C(C)C)cc1. The van der Waals surface area contributed by atoms with E-state index in [0.717, 1.165) is 37.0 Å². The van der Waals surface area contributed by atoms with Crippen LogP contribution < -0.4 is 0 Å². The van der Waals surface area contributed by atoms with Gasteiger partial charge in [0.05, 0.1) is 20.6 Å². The van der Waals surface area contributed by atoms with Crippen LogP contribution in [0.1, 0.15) is 30.9 Å². The highest BCUT2D eigenvalue weighted by Crippen LogP contribution is 2.38. The molecule has 0 amide bonds. The highest BCUT2D eigenvalue weighted by atomic mass is 33.1. The van der Waals surface area contributed by atoms with Crippen LogP contribution in [0.5, 0.6) is 0 Å². The highest BCUT2D eigenvalue weighted by molar-refractivity contribution is 8.72. The van der Waals surface area contributed by atoms with E-state index in [1.807, 2.05) is 31.2 Å². The number of aryl methyl sites for hydroxylation is 1. The van der Waals surface area contributed by atoms with E-state index in [-0.39, 0.29) is 5.92 Å². The highest BCUT2D eigenvalue weighted by Gasteiger charge is 2.20. The first kappa shape index (κ1) is 16.5. The van der Waals surface area contributed by atoms with Crippen LogP contribution in [0, 0.1) is 6.92 Å². The van der Waals surface area contributed by atoms with Crippen LogP contribution in [0.4, 0.5) is 0 Å². The Bertz CT molecular complexity index is 942. The molecule has 3 rings (SSSR count). The molecule has 0 fully saturated rings. The second-order valence-corrected chi connectivity index (χ2v) is 10.4. The standard InChI is InChI=1S/C17H17NO2S3/c1-11(2)14-8-15-17(21-10-18-15)9-16(14)22-23(19,20)13-6-4-12(3)5-7-13/h4-11H,1-3H3. The monoisotopic (exact) mass is 363 g/mol. The Morgan fingerprint density at radius 2 is 1.83 bits per heavy atom. The third-order valence-electron chi connectivity index (χ3n) is 3.59. The Kier molecular flexibility index (Phi) is 4.49. The van der Waals surface area contributed by atoms with Crippen molar-refractivity contribution in [3.8, 4) is 0 Å². The second-order valence-electron chi connectivity index (χ2n) is 5.72. The van der Waals surface area contributed by atoms with Gasteiger partial charge in [0.2, 0.25) is 8.87 Å². The van der Waals surface area contributed by atoms with Crippen molar-refractivity contribution in [3.05, 3.63) is 53.0 Å². The summed E-state index contributed by atoms with van der Waals surface area (Å²) in [5.74, 6) is 0.233. The molecule has 0 aliphatic carbocycles. The van der Waals surface area contributed by atoms with Crippen molar-refractivity contribution in [1.29, 1.82) is 0 Å². The van der Waals surface area contributed by atoms with Crippen LogP contribution in [-0.4, -0.2) is 13.4 Å². The van der Waals surface area contributed by atoms with Crippen LogP contribution in [0.25, 0.3) is 10.2 Å². The molecule has 0 atom stereocenters. The van der Waals surface area contributed by atoms with Gasteiger partial charge in [-0.3, -0.25) is 0 Å². The minimum absolute atomic E-state index is 0.233. The largest absolute Gasteiger partial charge is 0.245 e. The lowest BCUT2D eigenvalue weighted by molar-refractivity contribution is 0.610. The zero-order valence-corrected chi connectivity index (χ0v) is 15.6. The maximum atomic E-state index is 12.7. The van der Waals surface area contributed by atoms with Crippen molar-refractivity contribution in [2.24, 2.45) is 0 Å². The summed E-state index contributed by atoms with van der Waals surface area (Å²) < 4.78 is 26.4. The molecule has 1 aromatic heterocycles.